The van der Waals surface area contributed by atoms with Gasteiger partial charge in [-0.3, -0.25) is 4.79 Å². The zero-order valence-corrected chi connectivity index (χ0v) is 15.5. The van der Waals surface area contributed by atoms with Crippen LogP contribution in [0, 0.1) is 5.82 Å². The van der Waals surface area contributed by atoms with E-state index in [1.54, 1.807) is 31.1 Å². The van der Waals surface area contributed by atoms with E-state index in [1.807, 2.05) is 13.8 Å². The van der Waals surface area contributed by atoms with Gasteiger partial charge in [0.05, 0.1) is 6.54 Å². The summed E-state index contributed by atoms with van der Waals surface area (Å²) in [7, 11) is 3.47. The summed E-state index contributed by atoms with van der Waals surface area (Å²) in [5.41, 5.74) is 0. The van der Waals surface area contributed by atoms with Gasteiger partial charge in [-0.25, -0.2) is 9.38 Å². The highest BCUT2D eigenvalue weighted by Gasteiger charge is 2.09. The molecular weight excluding hydrogens is 323 g/mol. The number of amides is 1. The number of carbonyl (C=O) groups excluding carboxylic acids is 1. The van der Waals surface area contributed by atoms with Crippen LogP contribution in [0.15, 0.2) is 29.3 Å². The first-order valence-corrected chi connectivity index (χ1v) is 8.60. The predicted molar refractivity (Wildman–Crippen MR) is 98.4 cm³/mol. The van der Waals surface area contributed by atoms with E-state index in [4.69, 9.17) is 4.74 Å². The Bertz CT molecular complexity index is 564. The molecule has 0 radical (unpaired) electrons. The zero-order chi connectivity index (χ0) is 18.7. The lowest BCUT2D eigenvalue weighted by molar-refractivity contribution is -0.128. The van der Waals surface area contributed by atoms with E-state index in [-0.39, 0.29) is 17.8 Å². The average Bonchev–Trinajstić information content (AvgIpc) is 2.58. The first-order chi connectivity index (χ1) is 12.0. The summed E-state index contributed by atoms with van der Waals surface area (Å²) < 4.78 is 19.0. The Labute approximate surface area is 149 Å². The van der Waals surface area contributed by atoms with E-state index in [2.05, 4.69) is 15.6 Å². The third-order valence-electron chi connectivity index (χ3n) is 3.48. The molecule has 1 rings (SSSR count). The maximum Gasteiger partial charge on any atom is 0.223 e. The van der Waals surface area contributed by atoms with Crippen LogP contribution in [-0.2, 0) is 4.79 Å². The first-order valence-electron chi connectivity index (χ1n) is 8.60. The summed E-state index contributed by atoms with van der Waals surface area (Å²) >= 11 is 0. The molecule has 1 atom stereocenters. The molecule has 2 N–H and O–H groups in total. The van der Waals surface area contributed by atoms with Crippen LogP contribution >= 0.6 is 0 Å². The number of ether oxygens (including phenoxy) is 1. The highest BCUT2D eigenvalue weighted by molar-refractivity contribution is 5.81. The molecule has 25 heavy (non-hydrogen) atoms. The monoisotopic (exact) mass is 352 g/mol. The maximum absolute atomic E-state index is 13.2. The quantitative estimate of drug-likeness (QED) is 0.527. The van der Waals surface area contributed by atoms with Gasteiger partial charge >= 0.3 is 0 Å². The van der Waals surface area contributed by atoms with Crippen molar-refractivity contribution in [3.63, 3.8) is 0 Å². The van der Waals surface area contributed by atoms with Crippen molar-refractivity contribution in [1.29, 1.82) is 0 Å². The molecule has 140 valence electrons. The van der Waals surface area contributed by atoms with E-state index < -0.39 is 0 Å². The van der Waals surface area contributed by atoms with Gasteiger partial charge in [0.25, 0.3) is 0 Å². The fraction of sp³-hybridized carbons (Fsp3) is 0.556. The van der Waals surface area contributed by atoms with E-state index in [0.29, 0.717) is 31.2 Å². The van der Waals surface area contributed by atoms with Crippen LogP contribution in [0.2, 0.25) is 0 Å². The van der Waals surface area contributed by atoms with Gasteiger partial charge in [0.1, 0.15) is 17.7 Å². The van der Waals surface area contributed by atoms with Crippen LogP contribution in [-0.4, -0.2) is 56.6 Å². The van der Waals surface area contributed by atoms with Crippen LogP contribution in [0.25, 0.3) is 0 Å². The molecule has 0 fully saturated rings. The van der Waals surface area contributed by atoms with Gasteiger partial charge in [-0.1, -0.05) is 13.0 Å². The van der Waals surface area contributed by atoms with E-state index in [1.165, 1.54) is 12.1 Å². The summed E-state index contributed by atoms with van der Waals surface area (Å²) in [6.45, 7) is 5.63. The number of rotatable bonds is 9. The Morgan fingerprint density at radius 3 is 2.68 bits per heavy atom. The summed E-state index contributed by atoms with van der Waals surface area (Å²) in [5, 5.41) is 6.27. The van der Waals surface area contributed by atoms with Gasteiger partial charge in [0.15, 0.2) is 5.96 Å². The minimum Gasteiger partial charge on any atom is -0.488 e. The van der Waals surface area contributed by atoms with Crippen LogP contribution in [0.3, 0.4) is 0 Å². The predicted octanol–water partition coefficient (Wildman–Crippen LogP) is 2.02. The van der Waals surface area contributed by atoms with Crippen molar-refractivity contribution in [2.75, 3.05) is 33.7 Å². The molecule has 0 spiro atoms. The molecule has 7 heteroatoms. The van der Waals surface area contributed by atoms with Crippen LogP contribution < -0.4 is 15.4 Å². The van der Waals surface area contributed by atoms with Crippen molar-refractivity contribution in [2.45, 2.75) is 32.8 Å². The molecular formula is C18H29FN4O2. The van der Waals surface area contributed by atoms with Crippen LogP contribution in [0.5, 0.6) is 5.75 Å². The minimum absolute atomic E-state index is 0.0595. The molecule has 0 bridgehead atoms. The number of nitrogens with one attached hydrogen (secondary N) is 2. The summed E-state index contributed by atoms with van der Waals surface area (Å²) in [5.74, 6) is 0.868. The number of nitrogens with zero attached hydrogens (tertiary/aromatic N) is 2. The van der Waals surface area contributed by atoms with Crippen molar-refractivity contribution < 1.29 is 13.9 Å². The zero-order valence-electron chi connectivity index (χ0n) is 15.5. The second-order valence-electron chi connectivity index (χ2n) is 5.79. The molecule has 0 heterocycles. The molecule has 0 saturated heterocycles. The average molecular weight is 352 g/mol. The smallest absolute Gasteiger partial charge is 0.223 e. The van der Waals surface area contributed by atoms with Crippen molar-refractivity contribution in [3.8, 4) is 5.75 Å². The molecule has 1 amide bonds. The standard InChI is InChI=1S/C18H29FN4O2/c1-5-15(25-16-9-7-8-14(19)12-16)13-22-18(20-6-2)21-11-10-17(24)23(3)4/h7-9,12,15H,5-6,10-11,13H2,1-4H3,(H2,20,21,22). The molecule has 0 aromatic heterocycles. The van der Waals surface area contributed by atoms with E-state index in [9.17, 15) is 9.18 Å². The Morgan fingerprint density at radius 2 is 2.08 bits per heavy atom. The van der Waals surface area contributed by atoms with Crippen LogP contribution in [0.1, 0.15) is 26.7 Å². The molecule has 6 nitrogen and oxygen atoms in total. The first kappa shape index (κ1) is 20.7. The van der Waals surface area contributed by atoms with Crippen molar-refractivity contribution in [2.24, 2.45) is 4.99 Å². The third kappa shape index (κ3) is 8.37. The van der Waals surface area contributed by atoms with E-state index in [0.717, 1.165) is 13.0 Å². The second-order valence-corrected chi connectivity index (χ2v) is 5.79. The molecule has 0 aliphatic rings. The lowest BCUT2D eigenvalue weighted by Gasteiger charge is -2.17. The third-order valence-corrected chi connectivity index (χ3v) is 3.48. The topological polar surface area (TPSA) is 66.0 Å². The molecule has 0 aliphatic heterocycles. The van der Waals surface area contributed by atoms with Gasteiger partial charge in [0, 0.05) is 39.7 Å². The minimum atomic E-state index is -0.323. The normalized spacial score (nSPS) is 12.4. The van der Waals surface area contributed by atoms with Gasteiger partial charge < -0.3 is 20.3 Å². The molecule has 1 aromatic carbocycles. The number of hydrogen-bond donors (Lipinski definition) is 2. The maximum atomic E-state index is 13.2. The molecule has 0 saturated carbocycles. The number of carbonyl (C=O) groups is 1. The lowest BCUT2D eigenvalue weighted by Crippen LogP contribution is -2.40. The molecule has 1 aromatic rings. The second kappa shape index (κ2) is 11.3. The number of aliphatic imine (C=N–C) groups is 1. The Hall–Kier alpha value is -2.31. The van der Waals surface area contributed by atoms with Crippen LogP contribution in [0.4, 0.5) is 4.39 Å². The highest BCUT2D eigenvalue weighted by Crippen LogP contribution is 2.15. The van der Waals surface area contributed by atoms with Gasteiger partial charge in [-0.15, -0.1) is 0 Å². The Kier molecular flexibility index (Phi) is 9.36. The van der Waals surface area contributed by atoms with Gasteiger partial charge in [0.2, 0.25) is 5.91 Å². The summed E-state index contributed by atoms with van der Waals surface area (Å²) in [6, 6.07) is 6.09. The number of guanidine groups is 1. The number of hydrogen-bond acceptors (Lipinski definition) is 3. The Morgan fingerprint density at radius 1 is 1.32 bits per heavy atom. The van der Waals surface area contributed by atoms with Crippen molar-refractivity contribution in [1.82, 2.24) is 15.5 Å². The largest absolute Gasteiger partial charge is 0.488 e. The lowest BCUT2D eigenvalue weighted by atomic mass is 10.2. The fourth-order valence-electron chi connectivity index (χ4n) is 2.03. The summed E-state index contributed by atoms with van der Waals surface area (Å²) in [6.07, 6.45) is 0.994. The molecule has 0 aliphatic carbocycles. The number of benzene rings is 1. The summed E-state index contributed by atoms with van der Waals surface area (Å²) in [4.78, 5) is 17.7. The van der Waals surface area contributed by atoms with E-state index >= 15 is 0 Å². The van der Waals surface area contributed by atoms with Crippen molar-refractivity contribution in [3.05, 3.63) is 30.1 Å². The van der Waals surface area contributed by atoms with Gasteiger partial charge in [-0.05, 0) is 25.5 Å². The SMILES string of the molecule is CCNC(=NCC(CC)Oc1cccc(F)c1)NCCC(=O)N(C)C. The Balaban J connectivity index is 2.56. The van der Waals surface area contributed by atoms with Gasteiger partial charge in [-0.2, -0.15) is 0 Å². The highest BCUT2D eigenvalue weighted by atomic mass is 19.1. The number of halogens is 1. The molecule has 1 unspecified atom stereocenters. The fourth-order valence-corrected chi connectivity index (χ4v) is 2.03. The van der Waals surface area contributed by atoms with Crippen molar-refractivity contribution >= 4 is 11.9 Å².